The SMILES string of the molecule is NC(=S)S.c1ccc2[nH]cnc2c1. The summed E-state index contributed by atoms with van der Waals surface area (Å²) >= 11 is 7.65. The van der Waals surface area contributed by atoms with Gasteiger partial charge < -0.3 is 10.7 Å². The molecule has 0 atom stereocenters. The number of aromatic amines is 1. The van der Waals surface area contributed by atoms with Crippen molar-refractivity contribution in [3.05, 3.63) is 30.6 Å². The number of rotatable bonds is 0. The Morgan fingerprint density at radius 2 is 2.08 bits per heavy atom. The van der Waals surface area contributed by atoms with Crippen molar-refractivity contribution < 1.29 is 0 Å². The molecule has 0 aliphatic rings. The molecule has 68 valence electrons. The predicted molar refractivity (Wildman–Crippen MR) is 61.9 cm³/mol. The van der Waals surface area contributed by atoms with Crippen molar-refractivity contribution in [2.75, 3.05) is 0 Å². The Morgan fingerprint density at radius 3 is 2.69 bits per heavy atom. The molecule has 3 N–H and O–H groups in total. The molecule has 0 saturated heterocycles. The lowest BCUT2D eigenvalue weighted by Gasteiger charge is -1.81. The molecule has 2 aromatic rings. The van der Waals surface area contributed by atoms with Crippen molar-refractivity contribution in [2.24, 2.45) is 5.73 Å². The van der Waals surface area contributed by atoms with Crippen LogP contribution >= 0.6 is 24.8 Å². The molecule has 0 aliphatic heterocycles. The quantitative estimate of drug-likeness (QED) is 0.459. The number of fused-ring (bicyclic) bond motifs is 1. The average Bonchev–Trinajstić information content (AvgIpc) is 2.49. The van der Waals surface area contributed by atoms with Crippen LogP contribution in [0.15, 0.2) is 30.6 Å². The van der Waals surface area contributed by atoms with Crippen molar-refractivity contribution in [1.29, 1.82) is 0 Å². The summed E-state index contributed by atoms with van der Waals surface area (Å²) in [6.07, 6.45) is 1.70. The lowest BCUT2D eigenvalue weighted by molar-refractivity contribution is 1.34. The highest BCUT2D eigenvalue weighted by atomic mass is 32.1. The second kappa shape index (κ2) is 4.84. The highest BCUT2D eigenvalue weighted by Crippen LogP contribution is 2.05. The standard InChI is InChI=1S/C7H6N2.CH3NS2/c1-2-4-7-6(3-1)8-5-9-7;2-1(3)4/h1-5H,(H,8,9);(H3,2,3,4). The summed E-state index contributed by atoms with van der Waals surface area (Å²) in [5, 5.41) is 0. The van der Waals surface area contributed by atoms with Gasteiger partial charge in [-0.05, 0) is 12.1 Å². The van der Waals surface area contributed by atoms with Gasteiger partial charge in [-0.15, -0.1) is 12.6 Å². The van der Waals surface area contributed by atoms with Gasteiger partial charge in [0.1, 0.15) is 4.32 Å². The van der Waals surface area contributed by atoms with Crippen molar-refractivity contribution in [3.63, 3.8) is 0 Å². The highest BCUT2D eigenvalue weighted by molar-refractivity contribution is 8.10. The van der Waals surface area contributed by atoms with E-state index in [-0.39, 0.29) is 4.32 Å². The van der Waals surface area contributed by atoms with Crippen molar-refractivity contribution >= 4 is 40.2 Å². The zero-order valence-electron chi connectivity index (χ0n) is 6.77. The number of H-pyrrole nitrogens is 1. The first-order valence-electron chi connectivity index (χ1n) is 3.56. The van der Waals surface area contributed by atoms with Crippen molar-refractivity contribution in [2.45, 2.75) is 0 Å². The Kier molecular flexibility index (Phi) is 3.72. The zero-order valence-corrected chi connectivity index (χ0v) is 8.48. The Hall–Kier alpha value is -1.07. The third kappa shape index (κ3) is 3.43. The van der Waals surface area contributed by atoms with Crippen LogP contribution in [0.5, 0.6) is 0 Å². The number of benzene rings is 1. The minimum absolute atomic E-state index is 0.194. The van der Waals surface area contributed by atoms with Crippen LogP contribution in [0.4, 0.5) is 0 Å². The molecule has 1 heterocycles. The van der Waals surface area contributed by atoms with Crippen molar-refractivity contribution in [3.8, 4) is 0 Å². The fourth-order valence-corrected chi connectivity index (χ4v) is 0.880. The van der Waals surface area contributed by atoms with Gasteiger partial charge in [0.15, 0.2) is 0 Å². The summed E-state index contributed by atoms with van der Waals surface area (Å²) in [4.78, 5) is 7.07. The van der Waals surface area contributed by atoms with E-state index in [0.29, 0.717) is 0 Å². The van der Waals surface area contributed by atoms with Crippen LogP contribution < -0.4 is 5.73 Å². The third-order valence-electron chi connectivity index (χ3n) is 1.33. The van der Waals surface area contributed by atoms with Crippen LogP contribution in [-0.2, 0) is 0 Å². The normalized spacial score (nSPS) is 9.00. The first-order chi connectivity index (χ1) is 6.20. The monoisotopic (exact) mass is 211 g/mol. The van der Waals surface area contributed by atoms with Gasteiger partial charge in [0.2, 0.25) is 0 Å². The molecule has 13 heavy (non-hydrogen) atoms. The Morgan fingerprint density at radius 1 is 1.46 bits per heavy atom. The number of para-hydroxylation sites is 2. The summed E-state index contributed by atoms with van der Waals surface area (Å²) in [5.41, 5.74) is 6.83. The Labute approximate surface area is 86.8 Å². The van der Waals surface area contributed by atoms with Gasteiger partial charge >= 0.3 is 0 Å². The first-order valence-corrected chi connectivity index (χ1v) is 4.42. The number of nitrogens with one attached hydrogen (secondary N) is 1. The molecular weight excluding hydrogens is 202 g/mol. The van der Waals surface area contributed by atoms with Gasteiger partial charge in [0.25, 0.3) is 0 Å². The largest absolute Gasteiger partial charge is 0.385 e. The Balaban J connectivity index is 0.000000184. The van der Waals surface area contributed by atoms with Gasteiger partial charge in [-0.25, -0.2) is 4.98 Å². The summed E-state index contributed by atoms with van der Waals surface area (Å²) in [7, 11) is 0. The minimum Gasteiger partial charge on any atom is -0.385 e. The fourth-order valence-electron chi connectivity index (χ4n) is 0.880. The van der Waals surface area contributed by atoms with Crippen LogP contribution in [0, 0.1) is 0 Å². The van der Waals surface area contributed by atoms with Gasteiger partial charge in [-0.1, -0.05) is 24.4 Å². The molecule has 0 aliphatic carbocycles. The lowest BCUT2D eigenvalue weighted by atomic mass is 10.3. The molecule has 0 radical (unpaired) electrons. The summed E-state index contributed by atoms with van der Waals surface area (Å²) in [6, 6.07) is 7.94. The minimum atomic E-state index is 0.194. The van der Waals surface area contributed by atoms with E-state index in [1.165, 1.54) is 0 Å². The van der Waals surface area contributed by atoms with E-state index in [1.54, 1.807) is 6.33 Å². The molecule has 3 nitrogen and oxygen atoms in total. The predicted octanol–water partition coefficient (Wildman–Crippen LogP) is 1.72. The maximum atomic E-state index is 4.71. The van der Waals surface area contributed by atoms with Gasteiger partial charge in [0, 0.05) is 0 Å². The Bertz CT molecular complexity index is 363. The van der Waals surface area contributed by atoms with E-state index < -0.39 is 0 Å². The fraction of sp³-hybridized carbons (Fsp3) is 0. The first kappa shape index (κ1) is 10.0. The number of hydrogen-bond donors (Lipinski definition) is 3. The maximum absolute atomic E-state index is 4.71. The van der Waals surface area contributed by atoms with Gasteiger partial charge in [-0.2, -0.15) is 0 Å². The molecule has 1 aromatic carbocycles. The molecule has 0 bridgehead atoms. The number of nitrogens with two attached hydrogens (primary N) is 1. The number of aromatic nitrogens is 2. The maximum Gasteiger partial charge on any atom is 0.128 e. The van der Waals surface area contributed by atoms with E-state index in [4.69, 9.17) is 5.73 Å². The van der Waals surface area contributed by atoms with Gasteiger partial charge in [0.05, 0.1) is 17.4 Å². The number of thiol groups is 1. The molecule has 1 aromatic heterocycles. The zero-order chi connectivity index (χ0) is 9.68. The molecule has 0 amide bonds. The molecule has 0 spiro atoms. The number of hydrogen-bond acceptors (Lipinski definition) is 2. The molecular formula is C8H9N3S2. The highest BCUT2D eigenvalue weighted by Gasteiger charge is 1.88. The van der Waals surface area contributed by atoms with E-state index in [2.05, 4.69) is 34.8 Å². The average molecular weight is 211 g/mol. The second-order valence-electron chi connectivity index (χ2n) is 2.26. The van der Waals surface area contributed by atoms with E-state index in [9.17, 15) is 0 Å². The topological polar surface area (TPSA) is 54.7 Å². The number of nitrogens with zero attached hydrogens (tertiary/aromatic N) is 1. The molecule has 2 rings (SSSR count). The number of imidazole rings is 1. The van der Waals surface area contributed by atoms with Crippen LogP contribution in [0.25, 0.3) is 11.0 Å². The van der Waals surface area contributed by atoms with Gasteiger partial charge in [-0.3, -0.25) is 0 Å². The van der Waals surface area contributed by atoms with Crippen LogP contribution in [-0.4, -0.2) is 14.3 Å². The molecule has 0 saturated carbocycles. The van der Waals surface area contributed by atoms with Crippen LogP contribution in [0.3, 0.4) is 0 Å². The van der Waals surface area contributed by atoms with Crippen LogP contribution in [0.2, 0.25) is 0 Å². The lowest BCUT2D eigenvalue weighted by Crippen LogP contribution is -1.94. The molecule has 0 unspecified atom stereocenters. The summed E-state index contributed by atoms with van der Waals surface area (Å²) in [6.45, 7) is 0. The number of thiocarbonyl (C=S) groups is 1. The van der Waals surface area contributed by atoms with E-state index in [0.717, 1.165) is 11.0 Å². The van der Waals surface area contributed by atoms with Crippen LogP contribution in [0.1, 0.15) is 0 Å². The molecule has 0 fully saturated rings. The third-order valence-corrected chi connectivity index (χ3v) is 1.33. The smallest absolute Gasteiger partial charge is 0.128 e. The molecule has 5 heteroatoms. The summed E-state index contributed by atoms with van der Waals surface area (Å²) in [5.74, 6) is 0. The summed E-state index contributed by atoms with van der Waals surface area (Å²) < 4.78 is 0.194. The van der Waals surface area contributed by atoms with Crippen molar-refractivity contribution in [1.82, 2.24) is 9.97 Å². The van der Waals surface area contributed by atoms with E-state index in [1.807, 2.05) is 24.3 Å². The second-order valence-corrected chi connectivity index (χ2v) is 3.48. The van der Waals surface area contributed by atoms with E-state index >= 15 is 0 Å².